The van der Waals surface area contributed by atoms with E-state index in [1.165, 1.54) is 0 Å². The van der Waals surface area contributed by atoms with E-state index in [0.29, 0.717) is 39.6 Å². The molecule has 0 saturated carbocycles. The van der Waals surface area contributed by atoms with Crippen LogP contribution in [-0.2, 0) is 6.42 Å². The molecule has 7 nitrogen and oxygen atoms in total. The smallest absolute Gasteiger partial charge is 0.223 e. The van der Waals surface area contributed by atoms with Crippen LogP contribution in [-0.4, -0.2) is 31.5 Å². The zero-order valence-electron chi connectivity index (χ0n) is 17.2. The molecule has 3 heterocycles. The SMILES string of the molecule is Cc1cnc(-c2cnc(NCCCc3ccc(C#N)cn3)nc2-c2ccc(Cl)cc2Cl)[nH]1. The number of benzene rings is 1. The number of pyridine rings is 1. The van der Waals surface area contributed by atoms with E-state index in [2.05, 4.69) is 31.3 Å². The highest BCUT2D eigenvalue weighted by atomic mass is 35.5. The number of rotatable bonds is 7. The van der Waals surface area contributed by atoms with E-state index < -0.39 is 0 Å². The first-order chi connectivity index (χ1) is 15.5. The molecule has 0 aliphatic heterocycles. The predicted octanol–water partition coefficient (Wildman–Crippen LogP) is 5.46. The average Bonchev–Trinajstić information content (AvgIpc) is 3.23. The first-order valence-corrected chi connectivity index (χ1v) is 10.7. The predicted molar refractivity (Wildman–Crippen MR) is 126 cm³/mol. The largest absolute Gasteiger partial charge is 0.354 e. The molecule has 3 aromatic heterocycles. The van der Waals surface area contributed by atoms with Gasteiger partial charge in [-0.1, -0.05) is 23.2 Å². The van der Waals surface area contributed by atoms with Crippen molar-refractivity contribution in [3.8, 4) is 28.7 Å². The highest BCUT2D eigenvalue weighted by molar-refractivity contribution is 6.36. The van der Waals surface area contributed by atoms with Gasteiger partial charge in [0.05, 0.1) is 21.8 Å². The second kappa shape index (κ2) is 9.77. The van der Waals surface area contributed by atoms with Crippen LogP contribution in [0, 0.1) is 18.3 Å². The van der Waals surface area contributed by atoms with E-state index in [1.807, 2.05) is 19.1 Å². The Hall–Kier alpha value is -3.47. The lowest BCUT2D eigenvalue weighted by Crippen LogP contribution is -2.08. The van der Waals surface area contributed by atoms with Crippen LogP contribution in [0.2, 0.25) is 10.0 Å². The lowest BCUT2D eigenvalue weighted by Gasteiger charge is -2.12. The Morgan fingerprint density at radius 2 is 1.91 bits per heavy atom. The lowest BCUT2D eigenvalue weighted by atomic mass is 10.1. The van der Waals surface area contributed by atoms with Crippen molar-refractivity contribution in [1.82, 2.24) is 24.9 Å². The van der Waals surface area contributed by atoms with E-state index in [-0.39, 0.29) is 0 Å². The number of nitrogens with zero attached hydrogens (tertiary/aromatic N) is 5. The van der Waals surface area contributed by atoms with E-state index in [1.54, 1.807) is 36.8 Å². The van der Waals surface area contributed by atoms with E-state index in [4.69, 9.17) is 33.4 Å². The van der Waals surface area contributed by atoms with Gasteiger partial charge in [0.15, 0.2) is 0 Å². The second-order valence-electron chi connectivity index (χ2n) is 7.18. The van der Waals surface area contributed by atoms with Crippen LogP contribution in [0.25, 0.3) is 22.6 Å². The number of halogens is 2. The molecule has 1 aromatic carbocycles. The molecular formula is C23H19Cl2N7. The molecule has 0 atom stereocenters. The molecule has 2 N–H and O–H groups in total. The molecule has 4 rings (SSSR count). The van der Waals surface area contributed by atoms with Crippen LogP contribution in [0.5, 0.6) is 0 Å². The number of anilines is 1. The molecule has 0 saturated heterocycles. The summed E-state index contributed by atoms with van der Waals surface area (Å²) in [6.07, 6.45) is 6.68. The fraction of sp³-hybridized carbons (Fsp3) is 0.174. The molecule has 0 radical (unpaired) electrons. The number of nitriles is 1. The van der Waals surface area contributed by atoms with Crippen LogP contribution < -0.4 is 5.32 Å². The number of aromatic amines is 1. The molecule has 0 spiro atoms. The van der Waals surface area contributed by atoms with Crippen LogP contribution in [0.15, 0.2) is 48.9 Å². The van der Waals surface area contributed by atoms with Crippen LogP contribution >= 0.6 is 23.2 Å². The summed E-state index contributed by atoms with van der Waals surface area (Å²) in [5, 5.41) is 13.2. The van der Waals surface area contributed by atoms with Crippen molar-refractivity contribution in [3.05, 3.63) is 75.9 Å². The van der Waals surface area contributed by atoms with Gasteiger partial charge in [-0.3, -0.25) is 4.98 Å². The number of aryl methyl sites for hydroxylation is 2. The Morgan fingerprint density at radius 3 is 2.59 bits per heavy atom. The first-order valence-electron chi connectivity index (χ1n) is 9.97. The van der Waals surface area contributed by atoms with Crippen LogP contribution in [0.1, 0.15) is 23.4 Å². The van der Waals surface area contributed by atoms with E-state index >= 15 is 0 Å². The average molecular weight is 464 g/mol. The Morgan fingerprint density at radius 1 is 1.03 bits per heavy atom. The topological polar surface area (TPSA) is 103 Å². The van der Waals surface area contributed by atoms with Crippen LogP contribution in [0.4, 0.5) is 5.95 Å². The maximum absolute atomic E-state index is 8.86. The Kier molecular flexibility index (Phi) is 6.64. The summed E-state index contributed by atoms with van der Waals surface area (Å²) in [5.74, 6) is 1.16. The number of hydrogen-bond donors (Lipinski definition) is 2. The number of H-pyrrole nitrogens is 1. The van der Waals surface area contributed by atoms with E-state index in [9.17, 15) is 0 Å². The fourth-order valence-corrected chi connectivity index (χ4v) is 3.68. The van der Waals surface area contributed by atoms with Gasteiger partial charge in [-0.05, 0) is 50.1 Å². The molecule has 0 bridgehead atoms. The Bertz CT molecular complexity index is 1280. The fourth-order valence-electron chi connectivity index (χ4n) is 3.18. The highest BCUT2D eigenvalue weighted by Gasteiger charge is 2.16. The van der Waals surface area contributed by atoms with Gasteiger partial charge in [-0.2, -0.15) is 5.26 Å². The Labute approximate surface area is 195 Å². The molecular weight excluding hydrogens is 445 g/mol. The van der Waals surface area contributed by atoms with Gasteiger partial charge in [0.2, 0.25) is 5.95 Å². The minimum atomic E-state index is 0.492. The van der Waals surface area contributed by atoms with Gasteiger partial charge in [0.1, 0.15) is 11.9 Å². The summed E-state index contributed by atoms with van der Waals surface area (Å²) in [6, 6.07) is 11.0. The third-order valence-corrected chi connectivity index (χ3v) is 5.33. The van der Waals surface area contributed by atoms with Crippen molar-refractivity contribution >= 4 is 29.2 Å². The zero-order valence-corrected chi connectivity index (χ0v) is 18.7. The maximum Gasteiger partial charge on any atom is 0.223 e. The van der Waals surface area contributed by atoms with Gasteiger partial charge in [-0.25, -0.2) is 15.0 Å². The third kappa shape index (κ3) is 5.05. The van der Waals surface area contributed by atoms with Crippen LogP contribution in [0.3, 0.4) is 0 Å². The first kappa shape index (κ1) is 21.8. The van der Waals surface area contributed by atoms with Crippen molar-refractivity contribution in [2.24, 2.45) is 0 Å². The standard InChI is InChI=1S/C23H19Cl2N7/c1-14-11-29-22(31-14)19-13-30-23(32-21(19)18-7-5-16(24)9-20(18)25)27-8-2-3-17-6-4-15(10-26)12-28-17/h4-7,9,11-13H,2-3,8H2,1H3,(H,29,31)(H,27,30,32). The zero-order chi connectivity index (χ0) is 22.5. The number of aromatic nitrogens is 5. The van der Waals surface area contributed by atoms with Gasteiger partial charge in [0, 0.05) is 47.1 Å². The second-order valence-corrected chi connectivity index (χ2v) is 8.02. The minimum Gasteiger partial charge on any atom is -0.354 e. The third-order valence-electron chi connectivity index (χ3n) is 4.78. The summed E-state index contributed by atoms with van der Waals surface area (Å²) < 4.78 is 0. The van der Waals surface area contributed by atoms with Gasteiger partial charge >= 0.3 is 0 Å². The lowest BCUT2D eigenvalue weighted by molar-refractivity contribution is 0.828. The molecule has 0 amide bonds. The van der Waals surface area contributed by atoms with Crippen molar-refractivity contribution in [2.45, 2.75) is 19.8 Å². The molecule has 0 aliphatic carbocycles. The normalized spacial score (nSPS) is 10.7. The number of hydrogen-bond acceptors (Lipinski definition) is 6. The van der Waals surface area contributed by atoms with E-state index in [0.717, 1.165) is 35.4 Å². The molecule has 0 fully saturated rings. The molecule has 160 valence electrons. The molecule has 0 unspecified atom stereocenters. The summed E-state index contributed by atoms with van der Waals surface area (Å²) in [4.78, 5) is 21.1. The maximum atomic E-state index is 8.86. The summed E-state index contributed by atoms with van der Waals surface area (Å²) in [6.45, 7) is 2.60. The summed E-state index contributed by atoms with van der Waals surface area (Å²) >= 11 is 12.6. The van der Waals surface area contributed by atoms with Gasteiger partial charge < -0.3 is 10.3 Å². The minimum absolute atomic E-state index is 0.492. The van der Waals surface area contributed by atoms with Gasteiger partial charge in [0.25, 0.3) is 0 Å². The van der Waals surface area contributed by atoms with Crippen molar-refractivity contribution in [1.29, 1.82) is 5.26 Å². The summed E-state index contributed by atoms with van der Waals surface area (Å²) in [5.41, 5.74) is 4.57. The monoisotopic (exact) mass is 463 g/mol. The van der Waals surface area contributed by atoms with Crippen molar-refractivity contribution in [2.75, 3.05) is 11.9 Å². The number of nitrogens with one attached hydrogen (secondary N) is 2. The molecule has 0 aliphatic rings. The highest BCUT2D eigenvalue weighted by Crippen LogP contribution is 2.35. The van der Waals surface area contributed by atoms with Crippen molar-refractivity contribution < 1.29 is 0 Å². The summed E-state index contributed by atoms with van der Waals surface area (Å²) in [7, 11) is 0. The molecule has 9 heteroatoms. The quantitative estimate of drug-likeness (QED) is 0.352. The number of imidazole rings is 1. The molecule has 32 heavy (non-hydrogen) atoms. The van der Waals surface area contributed by atoms with Gasteiger partial charge in [-0.15, -0.1) is 0 Å². The molecule has 4 aromatic rings. The van der Waals surface area contributed by atoms with Crippen molar-refractivity contribution in [3.63, 3.8) is 0 Å². The Balaban J connectivity index is 1.53.